The molecular formula is C24H23N7O4. The highest BCUT2D eigenvalue weighted by atomic mass is 16.4. The molecule has 3 heterocycles. The fraction of sp³-hybridized carbons (Fsp3) is 0.167. The molecule has 0 radical (unpaired) electrons. The minimum absolute atomic E-state index is 0.0534. The van der Waals surface area contributed by atoms with E-state index in [1.165, 1.54) is 6.07 Å². The van der Waals surface area contributed by atoms with Gasteiger partial charge in [0.05, 0.1) is 17.8 Å². The summed E-state index contributed by atoms with van der Waals surface area (Å²) in [6.07, 6.45) is 0. The van der Waals surface area contributed by atoms with Crippen LogP contribution in [0.25, 0.3) is 21.8 Å². The van der Waals surface area contributed by atoms with Crippen LogP contribution in [0.2, 0.25) is 0 Å². The summed E-state index contributed by atoms with van der Waals surface area (Å²) >= 11 is 0. The number of rotatable bonds is 7. The van der Waals surface area contributed by atoms with Crippen LogP contribution >= 0.6 is 0 Å². The van der Waals surface area contributed by atoms with Crippen LogP contribution in [-0.2, 0) is 0 Å². The number of amides is 2. The highest BCUT2D eigenvalue weighted by Gasteiger charge is 2.22. The van der Waals surface area contributed by atoms with Gasteiger partial charge in [0, 0.05) is 46.5 Å². The monoisotopic (exact) mass is 473 g/mol. The van der Waals surface area contributed by atoms with Crippen molar-refractivity contribution >= 4 is 45.4 Å². The van der Waals surface area contributed by atoms with E-state index in [4.69, 9.17) is 16.6 Å². The Morgan fingerprint density at radius 1 is 1.09 bits per heavy atom. The molecule has 0 spiro atoms. The minimum Gasteiger partial charge on any atom is -0.477 e. The molecule has 1 aliphatic rings. The molecule has 2 aromatic carbocycles. The number of aromatic nitrogens is 2. The normalized spacial score (nSPS) is 14.0. The lowest BCUT2D eigenvalue weighted by molar-refractivity contribution is 0.0691. The zero-order valence-electron chi connectivity index (χ0n) is 18.5. The first-order valence-electron chi connectivity index (χ1n) is 11.0. The molecule has 9 N–H and O–H groups in total. The van der Waals surface area contributed by atoms with Crippen molar-refractivity contribution in [2.45, 2.75) is 6.04 Å². The number of benzene rings is 2. The molecule has 0 aliphatic carbocycles. The minimum atomic E-state index is -1.07. The van der Waals surface area contributed by atoms with Crippen molar-refractivity contribution in [3.63, 3.8) is 0 Å². The second-order valence-corrected chi connectivity index (χ2v) is 8.31. The summed E-state index contributed by atoms with van der Waals surface area (Å²) in [5, 5.41) is 16.4. The Kier molecular flexibility index (Phi) is 5.46. The van der Waals surface area contributed by atoms with Crippen LogP contribution in [0.5, 0.6) is 0 Å². The van der Waals surface area contributed by atoms with Crippen LogP contribution in [-0.4, -0.2) is 58.3 Å². The fourth-order valence-corrected chi connectivity index (χ4v) is 4.26. The number of nitrogens with two attached hydrogens (primary N) is 2. The van der Waals surface area contributed by atoms with Crippen molar-refractivity contribution in [3.05, 3.63) is 70.5 Å². The number of carboxylic acid groups (broad SMARTS) is 1. The van der Waals surface area contributed by atoms with Crippen molar-refractivity contribution in [1.82, 2.24) is 20.6 Å². The van der Waals surface area contributed by atoms with Crippen molar-refractivity contribution < 1.29 is 19.5 Å². The van der Waals surface area contributed by atoms with Gasteiger partial charge in [-0.15, -0.1) is 0 Å². The van der Waals surface area contributed by atoms with Crippen LogP contribution in [0.4, 0.5) is 0 Å². The predicted octanol–water partition coefficient (Wildman–Crippen LogP) is 1.23. The molecule has 0 fully saturated rings. The summed E-state index contributed by atoms with van der Waals surface area (Å²) in [5.74, 6) is -1.35. The molecule has 1 aliphatic heterocycles. The first-order chi connectivity index (χ1) is 16.8. The maximum absolute atomic E-state index is 12.7. The number of amidine groups is 1. The molecule has 2 aromatic heterocycles. The smallest absolute Gasteiger partial charge is 0.352 e. The average Bonchev–Trinajstić information content (AvgIpc) is 3.58. The van der Waals surface area contributed by atoms with E-state index in [0.29, 0.717) is 57.6 Å². The number of H-pyrrole nitrogens is 2. The van der Waals surface area contributed by atoms with Crippen molar-refractivity contribution in [2.75, 3.05) is 19.6 Å². The summed E-state index contributed by atoms with van der Waals surface area (Å²) in [7, 11) is 0. The van der Waals surface area contributed by atoms with Gasteiger partial charge in [0.25, 0.3) is 11.8 Å². The summed E-state index contributed by atoms with van der Waals surface area (Å²) < 4.78 is 0. The Hall–Kier alpha value is -4.64. The molecule has 1 unspecified atom stereocenters. The number of hydrogen-bond donors (Lipinski definition) is 7. The Balaban J connectivity index is 1.33. The fourth-order valence-electron chi connectivity index (χ4n) is 4.26. The van der Waals surface area contributed by atoms with E-state index in [2.05, 4.69) is 25.6 Å². The van der Waals surface area contributed by atoms with Gasteiger partial charge in [0.15, 0.2) is 0 Å². The summed E-state index contributed by atoms with van der Waals surface area (Å²) in [5.41, 5.74) is 15.4. The van der Waals surface area contributed by atoms with Gasteiger partial charge >= 0.3 is 5.97 Å². The van der Waals surface area contributed by atoms with Crippen LogP contribution in [0, 0.1) is 0 Å². The zero-order valence-corrected chi connectivity index (χ0v) is 18.5. The first kappa shape index (κ1) is 22.2. The molecule has 178 valence electrons. The van der Waals surface area contributed by atoms with E-state index in [-0.39, 0.29) is 18.1 Å². The molecule has 0 saturated heterocycles. The molecular weight excluding hydrogens is 450 g/mol. The number of fused-ring (bicyclic) bond motifs is 2. The topological polar surface area (TPSA) is 191 Å². The van der Waals surface area contributed by atoms with Gasteiger partial charge in [-0.1, -0.05) is 12.1 Å². The second-order valence-electron chi connectivity index (χ2n) is 8.31. The molecule has 0 bridgehead atoms. The Morgan fingerprint density at radius 3 is 2.63 bits per heavy atom. The maximum Gasteiger partial charge on any atom is 0.352 e. The Labute approximate surface area is 198 Å². The van der Waals surface area contributed by atoms with E-state index in [1.807, 2.05) is 6.07 Å². The molecule has 4 aromatic rings. The van der Waals surface area contributed by atoms with Gasteiger partial charge in [-0.05, 0) is 35.9 Å². The largest absolute Gasteiger partial charge is 0.477 e. The van der Waals surface area contributed by atoms with Gasteiger partial charge < -0.3 is 37.2 Å². The van der Waals surface area contributed by atoms with Crippen LogP contribution in [0.1, 0.15) is 48.5 Å². The predicted molar refractivity (Wildman–Crippen MR) is 131 cm³/mol. The van der Waals surface area contributed by atoms with Gasteiger partial charge in [0.2, 0.25) is 0 Å². The highest BCUT2D eigenvalue weighted by molar-refractivity contribution is 6.16. The van der Waals surface area contributed by atoms with Gasteiger partial charge in [-0.2, -0.15) is 0 Å². The molecule has 5 rings (SSSR count). The van der Waals surface area contributed by atoms with Crippen LogP contribution < -0.4 is 22.1 Å². The van der Waals surface area contributed by atoms with E-state index >= 15 is 0 Å². The van der Waals surface area contributed by atoms with Crippen molar-refractivity contribution in [3.8, 4) is 0 Å². The van der Waals surface area contributed by atoms with Gasteiger partial charge in [-0.3, -0.25) is 14.6 Å². The number of carbonyl (C=O) groups excluding carboxylic acids is 2. The number of aromatic carboxylic acids is 1. The number of nitrogens with zero attached hydrogens (tertiary/aromatic N) is 1. The second kappa shape index (κ2) is 8.61. The lowest BCUT2D eigenvalue weighted by atomic mass is 10.0. The van der Waals surface area contributed by atoms with Crippen LogP contribution in [0.3, 0.4) is 0 Å². The van der Waals surface area contributed by atoms with Gasteiger partial charge in [-0.25, -0.2) is 4.79 Å². The first-order valence-corrected chi connectivity index (χ1v) is 11.0. The average molecular weight is 473 g/mol. The third-order valence-corrected chi connectivity index (χ3v) is 6.00. The molecule has 0 saturated carbocycles. The number of hydrogen-bond acceptors (Lipinski definition) is 6. The number of carboxylic acids is 1. The third-order valence-electron chi connectivity index (χ3n) is 6.00. The van der Waals surface area contributed by atoms with Crippen molar-refractivity contribution in [1.29, 1.82) is 0 Å². The van der Waals surface area contributed by atoms with E-state index in [9.17, 15) is 14.4 Å². The molecule has 1 atom stereocenters. The maximum atomic E-state index is 12.7. The molecule has 11 nitrogen and oxygen atoms in total. The van der Waals surface area contributed by atoms with Crippen LogP contribution in [0.15, 0.2) is 47.5 Å². The molecule has 11 heteroatoms. The van der Waals surface area contributed by atoms with E-state index in [1.54, 1.807) is 30.3 Å². The number of aromatic amines is 2. The number of nitrogens with one attached hydrogen (secondary N) is 4. The number of aliphatic imine (C=N–C) groups is 1. The summed E-state index contributed by atoms with van der Waals surface area (Å²) in [6, 6.07) is 11.3. The number of primary amides is 1. The standard InChI is InChI=1S/C24H23N7O4/c25-15(10-29-23(33)12-2-4-16-13(7-12)9-18(30-16)24(34)35)11-1-3-14-17(8-11)31-20(19(14)21(26)32)22-27-5-6-28-22/h1-4,7-9,15,30-31H,5-6,10,25H2,(H2,26,32)(H,27,28)(H,29,33)(H,34,35). The summed E-state index contributed by atoms with van der Waals surface area (Å²) in [6.45, 7) is 1.48. The quantitative estimate of drug-likeness (QED) is 0.211. The Bertz CT molecular complexity index is 1530. The van der Waals surface area contributed by atoms with Gasteiger partial charge in [0.1, 0.15) is 11.5 Å². The third kappa shape index (κ3) is 4.08. The highest BCUT2D eigenvalue weighted by Crippen LogP contribution is 2.26. The SMILES string of the molecule is NC(=O)c1c(C2=NCCN2)[nH]c2cc(C(N)CNC(=O)c3ccc4[nH]c(C(=O)O)cc4c3)ccc12. The molecule has 35 heavy (non-hydrogen) atoms. The Morgan fingerprint density at radius 2 is 1.91 bits per heavy atom. The number of carbonyl (C=O) groups is 3. The summed E-state index contributed by atoms with van der Waals surface area (Å²) in [4.78, 5) is 46.3. The van der Waals surface area contributed by atoms with Crippen molar-refractivity contribution in [2.24, 2.45) is 16.5 Å². The van der Waals surface area contributed by atoms with E-state index in [0.717, 1.165) is 5.56 Å². The lowest BCUT2D eigenvalue weighted by Gasteiger charge is -2.14. The zero-order chi connectivity index (χ0) is 24.7. The lowest BCUT2D eigenvalue weighted by Crippen LogP contribution is -2.31. The van der Waals surface area contributed by atoms with E-state index < -0.39 is 17.9 Å². The molecule has 2 amide bonds.